The van der Waals surface area contributed by atoms with Crippen LogP contribution in [-0.4, -0.2) is 54.5 Å². The van der Waals surface area contributed by atoms with Crippen LogP contribution < -0.4 is 0 Å². The summed E-state index contributed by atoms with van der Waals surface area (Å²) in [6.07, 6.45) is 0.688. The van der Waals surface area contributed by atoms with Crippen LogP contribution >= 0.6 is 0 Å². The Morgan fingerprint density at radius 3 is 2.74 bits per heavy atom. The fourth-order valence-electron chi connectivity index (χ4n) is 3.09. The lowest BCUT2D eigenvalue weighted by Gasteiger charge is -2.51. The van der Waals surface area contributed by atoms with Crippen molar-refractivity contribution in [3.8, 4) is 0 Å². The molecule has 5 heteroatoms. The first-order valence-electron chi connectivity index (χ1n) is 7.02. The summed E-state index contributed by atoms with van der Waals surface area (Å²) in [5.74, 6) is -0.128. The van der Waals surface area contributed by atoms with Crippen molar-refractivity contribution in [1.82, 2.24) is 4.90 Å². The monoisotopic (exact) mass is 273 g/mol. The maximum Gasteiger partial charge on any atom is 0.225 e. The van der Waals surface area contributed by atoms with Crippen LogP contribution in [0, 0.1) is 0 Å². The Bertz CT molecular complexity index is 338. The second kappa shape index (κ2) is 5.37. The number of halogens is 1. The molecule has 2 rings (SSSR count). The molecule has 2 heterocycles. The van der Waals surface area contributed by atoms with E-state index in [1.54, 1.807) is 4.90 Å². The van der Waals surface area contributed by atoms with E-state index in [4.69, 9.17) is 9.47 Å². The fraction of sp³-hybridized carbons (Fsp3) is 0.929. The quantitative estimate of drug-likeness (QED) is 0.771. The minimum absolute atomic E-state index is 0.0486. The first-order chi connectivity index (χ1) is 8.82. The molecule has 2 aliphatic heterocycles. The van der Waals surface area contributed by atoms with E-state index in [1.165, 1.54) is 6.92 Å². The van der Waals surface area contributed by atoms with Gasteiger partial charge in [-0.05, 0) is 33.6 Å². The molecule has 0 aliphatic carbocycles. The van der Waals surface area contributed by atoms with Crippen LogP contribution in [0.1, 0.15) is 40.0 Å². The average Bonchev–Trinajstić information content (AvgIpc) is 2.26. The van der Waals surface area contributed by atoms with E-state index in [2.05, 4.69) is 0 Å². The van der Waals surface area contributed by atoms with Gasteiger partial charge < -0.3 is 14.4 Å². The third-order valence-corrected chi connectivity index (χ3v) is 3.64. The van der Waals surface area contributed by atoms with Crippen molar-refractivity contribution in [1.29, 1.82) is 0 Å². The van der Waals surface area contributed by atoms with Crippen LogP contribution in [0.25, 0.3) is 0 Å². The molecular weight excluding hydrogens is 249 g/mol. The van der Waals surface area contributed by atoms with E-state index < -0.39 is 17.4 Å². The van der Waals surface area contributed by atoms with Gasteiger partial charge >= 0.3 is 0 Å². The van der Waals surface area contributed by atoms with Crippen LogP contribution in [0.15, 0.2) is 0 Å². The van der Waals surface area contributed by atoms with E-state index >= 15 is 0 Å². The minimum Gasteiger partial charge on any atom is -0.378 e. The maximum absolute atomic E-state index is 13.0. The van der Waals surface area contributed by atoms with Crippen LogP contribution in [0.3, 0.4) is 0 Å². The molecule has 1 amide bonds. The van der Waals surface area contributed by atoms with Crippen molar-refractivity contribution in [2.24, 2.45) is 0 Å². The molecule has 2 atom stereocenters. The van der Waals surface area contributed by atoms with Crippen molar-refractivity contribution in [2.45, 2.75) is 57.4 Å². The molecule has 4 nitrogen and oxygen atoms in total. The van der Waals surface area contributed by atoms with Gasteiger partial charge in [-0.1, -0.05) is 0 Å². The summed E-state index contributed by atoms with van der Waals surface area (Å²) in [7, 11) is 0. The summed E-state index contributed by atoms with van der Waals surface area (Å²) < 4.78 is 24.7. The van der Waals surface area contributed by atoms with Crippen molar-refractivity contribution in [2.75, 3.05) is 26.3 Å². The highest BCUT2D eigenvalue weighted by molar-refractivity contribution is 5.77. The Kier molecular flexibility index (Phi) is 4.16. The van der Waals surface area contributed by atoms with Gasteiger partial charge in [0.1, 0.15) is 11.8 Å². The Morgan fingerprint density at radius 1 is 1.42 bits per heavy atom. The molecule has 2 aliphatic rings. The van der Waals surface area contributed by atoms with Gasteiger partial charge in [0.05, 0.1) is 25.2 Å². The first kappa shape index (κ1) is 14.7. The van der Waals surface area contributed by atoms with Crippen LogP contribution in [-0.2, 0) is 14.3 Å². The standard InChI is InChI=1S/C14H24FNO3/c1-11(15)7-12(17)16-8-13(2,3)19-14(9-16)5-4-6-18-10-14/h11H,4-10H2,1-3H3. The predicted octanol–water partition coefficient (Wildman–Crippen LogP) is 1.92. The molecule has 0 aromatic carbocycles. The molecule has 2 unspecified atom stereocenters. The first-order valence-corrected chi connectivity index (χ1v) is 7.02. The highest BCUT2D eigenvalue weighted by atomic mass is 19.1. The van der Waals surface area contributed by atoms with Crippen LogP contribution in [0.5, 0.6) is 0 Å². The summed E-state index contributed by atoms with van der Waals surface area (Å²) >= 11 is 0. The Balaban J connectivity index is 2.10. The Morgan fingerprint density at radius 2 is 2.16 bits per heavy atom. The largest absolute Gasteiger partial charge is 0.378 e. The zero-order valence-corrected chi connectivity index (χ0v) is 12.1. The van der Waals surface area contributed by atoms with Crippen LogP contribution in [0.4, 0.5) is 4.39 Å². The lowest BCUT2D eigenvalue weighted by Crippen LogP contribution is -2.63. The third-order valence-electron chi connectivity index (χ3n) is 3.64. The number of ether oxygens (including phenoxy) is 2. The number of carbonyl (C=O) groups is 1. The van der Waals surface area contributed by atoms with Crippen molar-refractivity contribution in [3.05, 3.63) is 0 Å². The van der Waals surface area contributed by atoms with Crippen LogP contribution in [0.2, 0.25) is 0 Å². The molecule has 19 heavy (non-hydrogen) atoms. The predicted molar refractivity (Wildman–Crippen MR) is 69.7 cm³/mol. The van der Waals surface area contributed by atoms with Crippen molar-refractivity contribution < 1.29 is 18.7 Å². The summed E-state index contributed by atoms with van der Waals surface area (Å²) in [6.45, 7) is 7.67. The molecule has 0 radical (unpaired) electrons. The number of hydrogen-bond acceptors (Lipinski definition) is 3. The number of nitrogens with zero attached hydrogens (tertiary/aromatic N) is 1. The van der Waals surface area contributed by atoms with Gasteiger partial charge in [0.25, 0.3) is 0 Å². The summed E-state index contributed by atoms with van der Waals surface area (Å²) in [5.41, 5.74) is -0.816. The highest BCUT2D eigenvalue weighted by Gasteiger charge is 2.46. The number of alkyl halides is 1. The molecular formula is C14H24FNO3. The number of hydrogen-bond donors (Lipinski definition) is 0. The van der Waals surface area contributed by atoms with Crippen molar-refractivity contribution in [3.63, 3.8) is 0 Å². The molecule has 1 spiro atoms. The van der Waals surface area contributed by atoms with E-state index in [0.717, 1.165) is 19.4 Å². The van der Waals surface area contributed by atoms with Gasteiger partial charge in [-0.3, -0.25) is 4.79 Å². The van der Waals surface area contributed by atoms with E-state index in [9.17, 15) is 9.18 Å². The van der Waals surface area contributed by atoms with Gasteiger partial charge in [0.2, 0.25) is 5.91 Å². The fourth-order valence-corrected chi connectivity index (χ4v) is 3.09. The molecule has 0 N–H and O–H groups in total. The molecule has 0 bridgehead atoms. The number of amides is 1. The normalized spacial score (nSPS) is 32.3. The lowest BCUT2D eigenvalue weighted by atomic mass is 9.90. The van der Waals surface area contributed by atoms with E-state index in [0.29, 0.717) is 19.7 Å². The average molecular weight is 273 g/mol. The molecule has 0 saturated carbocycles. The van der Waals surface area contributed by atoms with Crippen molar-refractivity contribution >= 4 is 5.91 Å². The number of rotatable bonds is 2. The molecule has 0 aromatic heterocycles. The topological polar surface area (TPSA) is 38.8 Å². The lowest BCUT2D eigenvalue weighted by molar-refractivity contribution is -0.232. The van der Waals surface area contributed by atoms with E-state index in [-0.39, 0.29) is 12.3 Å². The van der Waals surface area contributed by atoms with Gasteiger partial charge in [-0.25, -0.2) is 4.39 Å². The minimum atomic E-state index is -1.10. The molecule has 110 valence electrons. The third kappa shape index (κ3) is 3.66. The molecule has 2 saturated heterocycles. The summed E-state index contributed by atoms with van der Waals surface area (Å²) in [4.78, 5) is 13.9. The van der Waals surface area contributed by atoms with E-state index in [1.807, 2.05) is 13.8 Å². The Labute approximate surface area is 114 Å². The highest BCUT2D eigenvalue weighted by Crippen LogP contribution is 2.34. The summed E-state index contributed by atoms with van der Waals surface area (Å²) in [5, 5.41) is 0. The summed E-state index contributed by atoms with van der Waals surface area (Å²) in [6, 6.07) is 0. The zero-order chi connectivity index (χ0) is 14.1. The second-order valence-electron chi connectivity index (χ2n) is 6.44. The molecule has 2 fully saturated rings. The van der Waals surface area contributed by atoms with Gasteiger partial charge in [-0.15, -0.1) is 0 Å². The SMILES string of the molecule is CC(F)CC(=O)N1CC(C)(C)OC2(CCCOC2)C1. The number of carbonyl (C=O) groups excluding carboxylic acids is 1. The zero-order valence-electron chi connectivity index (χ0n) is 12.1. The Hall–Kier alpha value is -0.680. The maximum atomic E-state index is 13.0. The number of morpholine rings is 1. The smallest absolute Gasteiger partial charge is 0.225 e. The van der Waals surface area contributed by atoms with Gasteiger partial charge in [0.15, 0.2) is 0 Å². The van der Waals surface area contributed by atoms with Gasteiger partial charge in [-0.2, -0.15) is 0 Å². The van der Waals surface area contributed by atoms with Gasteiger partial charge in [0, 0.05) is 13.2 Å². The molecule has 0 aromatic rings. The second-order valence-corrected chi connectivity index (χ2v) is 6.44.